The molecule has 0 bridgehead atoms. The standard InChI is InChI=1S/C13H17NO3/c1-13(2,3)10-6-8(12(16)17)7-11(15)14(10)9-4-5-9/h6-7,9H,4-5H2,1-3H3,(H,16,17). The summed E-state index contributed by atoms with van der Waals surface area (Å²) in [7, 11) is 0. The minimum absolute atomic E-state index is 0.0804. The average Bonchev–Trinajstić information content (AvgIpc) is 2.98. The van der Waals surface area contributed by atoms with Gasteiger partial charge >= 0.3 is 5.97 Å². The molecule has 1 heterocycles. The first kappa shape index (κ1) is 11.9. The summed E-state index contributed by atoms with van der Waals surface area (Å²) in [5.41, 5.74) is 0.465. The molecule has 1 N–H and O–H groups in total. The van der Waals surface area contributed by atoms with Crippen molar-refractivity contribution in [1.29, 1.82) is 0 Å². The molecule has 0 radical (unpaired) electrons. The fraction of sp³-hybridized carbons (Fsp3) is 0.538. The van der Waals surface area contributed by atoms with E-state index in [0.717, 1.165) is 18.5 Å². The molecule has 1 aliphatic carbocycles. The maximum atomic E-state index is 12.0. The zero-order valence-electron chi connectivity index (χ0n) is 10.4. The Morgan fingerprint density at radius 1 is 1.35 bits per heavy atom. The van der Waals surface area contributed by atoms with Gasteiger partial charge in [-0.2, -0.15) is 0 Å². The van der Waals surface area contributed by atoms with E-state index in [2.05, 4.69) is 0 Å². The molecule has 0 aliphatic heterocycles. The molecule has 0 spiro atoms. The molecule has 4 heteroatoms. The van der Waals surface area contributed by atoms with Gasteiger partial charge in [-0.15, -0.1) is 0 Å². The first-order chi connectivity index (χ1) is 7.80. The Morgan fingerprint density at radius 2 is 1.94 bits per heavy atom. The molecular formula is C13H17NO3. The Kier molecular flexibility index (Phi) is 2.60. The lowest BCUT2D eigenvalue weighted by molar-refractivity contribution is 0.0696. The lowest BCUT2D eigenvalue weighted by Crippen LogP contribution is -2.30. The summed E-state index contributed by atoms with van der Waals surface area (Å²) in [6, 6.07) is 3.11. The Bertz CT molecular complexity index is 518. The zero-order chi connectivity index (χ0) is 12.8. The smallest absolute Gasteiger partial charge is 0.335 e. The van der Waals surface area contributed by atoms with Crippen LogP contribution in [0.4, 0.5) is 0 Å². The number of carboxylic acid groups (broad SMARTS) is 1. The lowest BCUT2D eigenvalue weighted by Gasteiger charge is -2.24. The van der Waals surface area contributed by atoms with Gasteiger partial charge < -0.3 is 9.67 Å². The van der Waals surface area contributed by atoms with E-state index in [0.29, 0.717) is 0 Å². The van der Waals surface area contributed by atoms with E-state index >= 15 is 0 Å². The zero-order valence-corrected chi connectivity index (χ0v) is 10.4. The quantitative estimate of drug-likeness (QED) is 0.854. The van der Waals surface area contributed by atoms with Crippen LogP contribution in [0, 0.1) is 0 Å². The SMILES string of the molecule is CC(C)(C)c1cc(C(=O)O)cc(=O)n1C1CC1. The van der Waals surface area contributed by atoms with Crippen molar-refractivity contribution < 1.29 is 9.90 Å². The molecule has 2 rings (SSSR count). The van der Waals surface area contributed by atoms with Crippen LogP contribution in [-0.2, 0) is 5.41 Å². The maximum Gasteiger partial charge on any atom is 0.335 e. The molecule has 17 heavy (non-hydrogen) atoms. The van der Waals surface area contributed by atoms with Gasteiger partial charge in [-0.1, -0.05) is 20.8 Å². The third-order valence-electron chi connectivity index (χ3n) is 3.00. The first-order valence-corrected chi connectivity index (χ1v) is 5.81. The van der Waals surface area contributed by atoms with E-state index < -0.39 is 5.97 Å². The van der Waals surface area contributed by atoms with E-state index in [4.69, 9.17) is 5.11 Å². The van der Waals surface area contributed by atoms with Crippen LogP contribution in [0.3, 0.4) is 0 Å². The van der Waals surface area contributed by atoms with E-state index in [9.17, 15) is 9.59 Å². The van der Waals surface area contributed by atoms with Crippen molar-refractivity contribution in [2.24, 2.45) is 0 Å². The largest absolute Gasteiger partial charge is 0.478 e. The van der Waals surface area contributed by atoms with Gasteiger partial charge in [0, 0.05) is 23.2 Å². The van der Waals surface area contributed by atoms with Gasteiger partial charge in [0.05, 0.1) is 5.56 Å². The van der Waals surface area contributed by atoms with Crippen LogP contribution in [0.1, 0.15) is 55.7 Å². The monoisotopic (exact) mass is 235 g/mol. The van der Waals surface area contributed by atoms with Gasteiger partial charge in [-0.05, 0) is 18.9 Å². The number of carbonyl (C=O) groups is 1. The first-order valence-electron chi connectivity index (χ1n) is 5.81. The highest BCUT2D eigenvalue weighted by molar-refractivity contribution is 5.87. The maximum absolute atomic E-state index is 12.0. The van der Waals surface area contributed by atoms with Gasteiger partial charge in [-0.25, -0.2) is 4.79 Å². The second-order valence-electron chi connectivity index (χ2n) is 5.62. The molecule has 1 aromatic heterocycles. The summed E-state index contributed by atoms with van der Waals surface area (Å²) in [6.45, 7) is 5.98. The van der Waals surface area contributed by atoms with Crippen molar-refractivity contribution in [1.82, 2.24) is 4.57 Å². The minimum atomic E-state index is -1.05. The third kappa shape index (κ3) is 2.25. The number of pyridine rings is 1. The number of hydrogen-bond donors (Lipinski definition) is 1. The lowest BCUT2D eigenvalue weighted by atomic mass is 9.90. The van der Waals surface area contributed by atoms with E-state index in [1.807, 2.05) is 20.8 Å². The predicted molar refractivity (Wildman–Crippen MR) is 64.6 cm³/mol. The normalized spacial score (nSPS) is 15.9. The Hall–Kier alpha value is -1.58. The highest BCUT2D eigenvalue weighted by Crippen LogP contribution is 2.37. The predicted octanol–water partition coefficient (Wildman–Crippen LogP) is 2.18. The highest BCUT2D eigenvalue weighted by Gasteiger charge is 2.31. The molecule has 0 saturated heterocycles. The molecule has 4 nitrogen and oxygen atoms in total. The number of nitrogens with zero attached hydrogens (tertiary/aromatic N) is 1. The molecule has 0 amide bonds. The van der Waals surface area contributed by atoms with Crippen molar-refractivity contribution >= 4 is 5.97 Å². The average molecular weight is 235 g/mol. The van der Waals surface area contributed by atoms with Gasteiger partial charge in [-0.3, -0.25) is 4.79 Å². The summed E-state index contributed by atoms with van der Waals surface area (Å²) < 4.78 is 1.76. The van der Waals surface area contributed by atoms with Gasteiger partial charge in [0.25, 0.3) is 5.56 Å². The molecule has 0 aromatic carbocycles. The van der Waals surface area contributed by atoms with Crippen LogP contribution in [0.15, 0.2) is 16.9 Å². The molecule has 1 aromatic rings. The number of carboxylic acids is 1. The van der Waals surface area contributed by atoms with E-state index in [1.54, 1.807) is 10.6 Å². The summed E-state index contributed by atoms with van der Waals surface area (Å²) in [5.74, 6) is -1.05. The molecule has 1 aliphatic rings. The molecule has 1 fully saturated rings. The number of aromatic nitrogens is 1. The van der Waals surface area contributed by atoms with Gasteiger partial charge in [0.2, 0.25) is 0 Å². The van der Waals surface area contributed by atoms with Crippen LogP contribution in [0.25, 0.3) is 0 Å². The van der Waals surface area contributed by atoms with Crippen LogP contribution >= 0.6 is 0 Å². The topological polar surface area (TPSA) is 59.3 Å². The van der Waals surface area contributed by atoms with Gasteiger partial charge in [0.1, 0.15) is 0 Å². The van der Waals surface area contributed by atoms with Crippen molar-refractivity contribution in [2.45, 2.75) is 45.1 Å². The summed E-state index contributed by atoms with van der Waals surface area (Å²) in [5, 5.41) is 9.00. The van der Waals surface area contributed by atoms with Crippen LogP contribution < -0.4 is 5.56 Å². The Morgan fingerprint density at radius 3 is 2.35 bits per heavy atom. The van der Waals surface area contributed by atoms with E-state index in [-0.39, 0.29) is 22.6 Å². The van der Waals surface area contributed by atoms with Gasteiger partial charge in [0.15, 0.2) is 0 Å². The molecule has 0 atom stereocenters. The van der Waals surface area contributed by atoms with E-state index in [1.165, 1.54) is 6.07 Å². The number of aromatic carboxylic acids is 1. The van der Waals surface area contributed by atoms with Crippen molar-refractivity contribution in [3.63, 3.8) is 0 Å². The Labute approximate surface area is 99.9 Å². The second kappa shape index (κ2) is 3.72. The highest BCUT2D eigenvalue weighted by atomic mass is 16.4. The molecular weight excluding hydrogens is 218 g/mol. The van der Waals surface area contributed by atoms with Crippen molar-refractivity contribution in [2.75, 3.05) is 0 Å². The van der Waals surface area contributed by atoms with Crippen LogP contribution in [0.5, 0.6) is 0 Å². The molecule has 0 unspecified atom stereocenters. The minimum Gasteiger partial charge on any atom is -0.478 e. The summed E-state index contributed by atoms with van der Waals surface area (Å²) >= 11 is 0. The summed E-state index contributed by atoms with van der Waals surface area (Å²) in [4.78, 5) is 23.0. The second-order valence-corrected chi connectivity index (χ2v) is 5.62. The van der Waals surface area contributed by atoms with Crippen LogP contribution in [-0.4, -0.2) is 15.6 Å². The summed E-state index contributed by atoms with van der Waals surface area (Å²) in [6.07, 6.45) is 2.02. The molecule has 1 saturated carbocycles. The number of hydrogen-bond acceptors (Lipinski definition) is 2. The van der Waals surface area contributed by atoms with Crippen molar-refractivity contribution in [3.8, 4) is 0 Å². The fourth-order valence-corrected chi connectivity index (χ4v) is 1.99. The Balaban J connectivity index is 2.67. The fourth-order valence-electron chi connectivity index (χ4n) is 1.99. The van der Waals surface area contributed by atoms with Crippen molar-refractivity contribution in [3.05, 3.63) is 33.7 Å². The third-order valence-corrected chi connectivity index (χ3v) is 3.00. The molecule has 92 valence electrons. The number of rotatable bonds is 2. The van der Waals surface area contributed by atoms with Crippen LogP contribution in [0.2, 0.25) is 0 Å².